The van der Waals surface area contributed by atoms with E-state index < -0.39 is 0 Å². The molecule has 0 aliphatic carbocycles. The monoisotopic (exact) mass is 268 g/mol. The van der Waals surface area contributed by atoms with Gasteiger partial charge in [0.05, 0.1) is 11.8 Å². The molecule has 1 aromatic carbocycles. The molecular weight excluding hydrogens is 260 g/mol. The van der Waals surface area contributed by atoms with E-state index in [2.05, 4.69) is 5.16 Å². The number of benzene rings is 1. The van der Waals surface area contributed by atoms with Crippen molar-refractivity contribution in [3.8, 4) is 28.4 Å². The van der Waals surface area contributed by atoms with Crippen molar-refractivity contribution in [2.75, 3.05) is 18.9 Å². The third kappa shape index (κ3) is 1.53. The van der Waals surface area contributed by atoms with Crippen LogP contribution in [0.25, 0.3) is 11.1 Å². The summed E-state index contributed by atoms with van der Waals surface area (Å²) in [5.74, 6) is 0.743. The third-order valence-electron chi connectivity index (χ3n) is 2.64. The highest BCUT2D eigenvalue weighted by Gasteiger charge is 2.24. The van der Waals surface area contributed by atoms with Gasteiger partial charge in [-0.3, -0.25) is 0 Å². The molecule has 0 saturated carbocycles. The maximum atomic E-state index is 10.1. The summed E-state index contributed by atoms with van der Waals surface area (Å²) in [6.45, 7) is 0.813. The number of anilines is 1. The van der Waals surface area contributed by atoms with Crippen LogP contribution in [0.3, 0.4) is 0 Å². The van der Waals surface area contributed by atoms with Crippen LogP contribution in [-0.2, 0) is 0 Å². The topological polar surface area (TPSA) is 90.7 Å². The van der Waals surface area contributed by atoms with Crippen LogP contribution in [-0.4, -0.2) is 23.5 Å². The second kappa shape index (κ2) is 3.99. The van der Waals surface area contributed by atoms with Gasteiger partial charge in [0.15, 0.2) is 11.5 Å². The lowest BCUT2D eigenvalue weighted by Crippen LogP contribution is -2.15. The van der Waals surface area contributed by atoms with Crippen molar-refractivity contribution in [3.63, 3.8) is 0 Å². The zero-order chi connectivity index (χ0) is 12.7. The summed E-state index contributed by atoms with van der Waals surface area (Å²) >= 11 is 6.04. The van der Waals surface area contributed by atoms with Crippen molar-refractivity contribution in [1.29, 1.82) is 0 Å². The Morgan fingerprint density at radius 1 is 1.28 bits per heavy atom. The van der Waals surface area contributed by atoms with Crippen molar-refractivity contribution >= 4 is 17.5 Å². The minimum atomic E-state index is -0.143. The fourth-order valence-electron chi connectivity index (χ4n) is 1.79. The molecule has 3 rings (SSSR count). The predicted octanol–water partition coefficient (Wildman–Crippen LogP) is 2.05. The first-order valence-corrected chi connectivity index (χ1v) is 5.58. The molecule has 7 heteroatoms. The second-order valence-electron chi connectivity index (χ2n) is 3.71. The van der Waals surface area contributed by atoms with E-state index in [0.717, 1.165) is 0 Å². The molecule has 1 aliphatic rings. The van der Waals surface area contributed by atoms with Gasteiger partial charge < -0.3 is 24.8 Å². The number of halogens is 1. The number of hydrogen-bond acceptors (Lipinski definition) is 6. The van der Waals surface area contributed by atoms with E-state index in [0.29, 0.717) is 35.8 Å². The highest BCUT2D eigenvalue weighted by Crippen LogP contribution is 2.49. The molecule has 2 aromatic rings. The minimum absolute atomic E-state index is 0.0859. The lowest BCUT2D eigenvalue weighted by molar-refractivity contribution is 0.171. The number of rotatable bonds is 1. The zero-order valence-electron chi connectivity index (χ0n) is 9.14. The molecule has 0 amide bonds. The summed E-state index contributed by atoms with van der Waals surface area (Å²) in [7, 11) is 0. The number of nitrogens with zero attached hydrogens (tertiary/aromatic N) is 1. The van der Waals surface area contributed by atoms with E-state index in [1.165, 1.54) is 6.20 Å². The van der Waals surface area contributed by atoms with Crippen molar-refractivity contribution in [2.24, 2.45) is 0 Å². The van der Waals surface area contributed by atoms with E-state index in [9.17, 15) is 5.11 Å². The number of aromatic hydroxyl groups is 1. The lowest BCUT2D eigenvalue weighted by atomic mass is 10.1. The Hall–Kier alpha value is -2.08. The van der Waals surface area contributed by atoms with Gasteiger partial charge in [-0.05, 0) is 6.07 Å². The second-order valence-corrected chi connectivity index (χ2v) is 4.09. The highest BCUT2D eigenvalue weighted by molar-refractivity contribution is 6.34. The number of hydrogen-bond donors (Lipinski definition) is 2. The zero-order valence-corrected chi connectivity index (χ0v) is 9.90. The first kappa shape index (κ1) is 11.0. The van der Waals surface area contributed by atoms with Gasteiger partial charge in [0, 0.05) is 5.56 Å². The summed E-state index contributed by atoms with van der Waals surface area (Å²) in [5, 5.41) is 13.7. The average Bonchev–Trinajstić information content (AvgIpc) is 2.80. The van der Waals surface area contributed by atoms with E-state index in [1.54, 1.807) is 6.07 Å². The quantitative estimate of drug-likeness (QED) is 0.823. The van der Waals surface area contributed by atoms with Crippen molar-refractivity contribution in [1.82, 2.24) is 5.16 Å². The van der Waals surface area contributed by atoms with Crippen LogP contribution < -0.4 is 15.2 Å². The van der Waals surface area contributed by atoms with Gasteiger partial charge in [-0.25, -0.2) is 0 Å². The fraction of sp³-hybridized carbons (Fsp3) is 0.182. The van der Waals surface area contributed by atoms with Gasteiger partial charge in [-0.15, -0.1) is 0 Å². The number of fused-ring (bicyclic) bond motifs is 1. The van der Waals surface area contributed by atoms with Crippen molar-refractivity contribution in [2.45, 2.75) is 0 Å². The maximum absolute atomic E-state index is 10.1. The first-order valence-electron chi connectivity index (χ1n) is 5.20. The molecule has 18 heavy (non-hydrogen) atoms. The van der Waals surface area contributed by atoms with Crippen molar-refractivity contribution in [3.05, 3.63) is 17.3 Å². The molecule has 0 spiro atoms. The Kier molecular flexibility index (Phi) is 2.45. The standard InChI is InChI=1S/C11H9ClN2O4/c12-8-9(15)5(6-4-14-18-11(6)13)3-7-10(8)17-2-1-16-7/h3-4,15H,1-2,13H2. The van der Waals surface area contributed by atoms with E-state index in [1.807, 2.05) is 0 Å². The number of nitrogen functional groups attached to an aromatic ring is 1. The van der Waals surface area contributed by atoms with E-state index >= 15 is 0 Å². The summed E-state index contributed by atoms with van der Waals surface area (Å²) in [5.41, 5.74) is 6.45. The van der Waals surface area contributed by atoms with Crippen LogP contribution >= 0.6 is 11.6 Å². The molecule has 0 bridgehead atoms. The Morgan fingerprint density at radius 3 is 2.78 bits per heavy atom. The highest BCUT2D eigenvalue weighted by atomic mass is 35.5. The predicted molar refractivity (Wildman–Crippen MR) is 64.0 cm³/mol. The Labute approximate surface area is 107 Å². The smallest absolute Gasteiger partial charge is 0.230 e. The van der Waals surface area contributed by atoms with Gasteiger partial charge in [0.2, 0.25) is 5.88 Å². The SMILES string of the molecule is Nc1oncc1-c1cc2c(c(Cl)c1O)OCCO2. The largest absolute Gasteiger partial charge is 0.506 e. The van der Waals surface area contributed by atoms with Crippen LogP contribution in [0.15, 0.2) is 16.8 Å². The van der Waals surface area contributed by atoms with Gasteiger partial charge in [-0.2, -0.15) is 0 Å². The van der Waals surface area contributed by atoms with Gasteiger partial charge in [0.1, 0.15) is 24.0 Å². The molecule has 2 heterocycles. The number of aromatic nitrogens is 1. The molecule has 0 fully saturated rings. The number of phenols is 1. The Balaban J connectivity index is 2.22. The van der Waals surface area contributed by atoms with Crippen LogP contribution in [0, 0.1) is 0 Å². The molecule has 0 saturated heterocycles. The molecule has 6 nitrogen and oxygen atoms in total. The number of phenolic OH excluding ortho intramolecular Hbond substituents is 1. The normalized spacial score (nSPS) is 13.6. The average molecular weight is 269 g/mol. The minimum Gasteiger partial charge on any atom is -0.506 e. The summed E-state index contributed by atoms with van der Waals surface area (Å²) in [6.07, 6.45) is 1.40. The van der Waals surface area contributed by atoms with Crippen LogP contribution in [0.2, 0.25) is 5.02 Å². The number of nitrogens with two attached hydrogens (primary N) is 1. The summed E-state index contributed by atoms with van der Waals surface area (Å²) < 4.78 is 15.5. The lowest BCUT2D eigenvalue weighted by Gasteiger charge is -2.21. The Bertz CT molecular complexity index is 611. The van der Waals surface area contributed by atoms with Crippen LogP contribution in [0.1, 0.15) is 0 Å². The molecule has 94 valence electrons. The van der Waals surface area contributed by atoms with Gasteiger partial charge in [-0.1, -0.05) is 16.8 Å². The van der Waals surface area contributed by atoms with Crippen LogP contribution in [0.4, 0.5) is 5.88 Å². The molecular formula is C11H9ClN2O4. The first-order chi connectivity index (χ1) is 8.68. The van der Waals surface area contributed by atoms with Gasteiger partial charge in [0.25, 0.3) is 0 Å². The van der Waals surface area contributed by atoms with Crippen molar-refractivity contribution < 1.29 is 19.1 Å². The number of ether oxygens (including phenoxy) is 2. The third-order valence-corrected chi connectivity index (χ3v) is 2.99. The summed E-state index contributed by atoms with van der Waals surface area (Å²) in [4.78, 5) is 0. The summed E-state index contributed by atoms with van der Waals surface area (Å²) in [6, 6.07) is 1.60. The molecule has 1 aliphatic heterocycles. The fourth-order valence-corrected chi connectivity index (χ4v) is 2.04. The molecule has 3 N–H and O–H groups in total. The van der Waals surface area contributed by atoms with E-state index in [4.69, 9.17) is 31.3 Å². The molecule has 1 aromatic heterocycles. The Morgan fingerprint density at radius 2 is 2.06 bits per heavy atom. The van der Waals surface area contributed by atoms with E-state index in [-0.39, 0.29) is 16.7 Å². The maximum Gasteiger partial charge on any atom is 0.230 e. The molecule has 0 unspecified atom stereocenters. The molecule has 0 radical (unpaired) electrons. The molecule has 0 atom stereocenters. The van der Waals surface area contributed by atoms with Crippen LogP contribution in [0.5, 0.6) is 17.2 Å². The van der Waals surface area contributed by atoms with Gasteiger partial charge >= 0.3 is 0 Å².